The van der Waals surface area contributed by atoms with E-state index in [0.717, 1.165) is 0 Å². The van der Waals surface area contributed by atoms with Gasteiger partial charge in [0.05, 0.1) is 0 Å². The van der Waals surface area contributed by atoms with Crippen LogP contribution in [0.2, 0.25) is 0 Å². The van der Waals surface area contributed by atoms with Gasteiger partial charge in [-0.3, -0.25) is 0 Å². The van der Waals surface area contributed by atoms with Gasteiger partial charge in [0.2, 0.25) is 0 Å². The molecule has 0 spiro atoms. The lowest BCUT2D eigenvalue weighted by atomic mass is 9.78. The number of hydrogen-bond donors (Lipinski definition) is 1. The fourth-order valence-electron chi connectivity index (χ4n) is 4.16. The molecule has 0 unspecified atom stereocenters. The first-order valence-electron chi connectivity index (χ1n) is 9.53. The van der Waals surface area contributed by atoms with Gasteiger partial charge in [-0.05, 0) is 48.2 Å². The Morgan fingerprint density at radius 1 is 1.04 bits per heavy atom. The van der Waals surface area contributed by atoms with Crippen LogP contribution in [0, 0.1) is 0 Å². The van der Waals surface area contributed by atoms with E-state index in [1.54, 1.807) is 5.56 Å². The first-order valence-corrected chi connectivity index (χ1v) is 10.4. The van der Waals surface area contributed by atoms with Gasteiger partial charge in [0, 0.05) is 16.7 Å². The first-order chi connectivity index (χ1) is 11.4. The zero-order valence-electron chi connectivity index (χ0n) is 14.6. The number of rotatable bonds is 9. The summed E-state index contributed by atoms with van der Waals surface area (Å²) in [6, 6.07) is 8.96. The normalized spacial score (nSPS) is 17.1. The third kappa shape index (κ3) is 3.97. The molecular formula is C21H31NS. The van der Waals surface area contributed by atoms with Crippen LogP contribution in [-0.4, -0.2) is 13.1 Å². The number of unbranched alkanes of at least 4 members (excludes halogenated alkanes) is 4. The third-order valence-electron chi connectivity index (χ3n) is 5.53. The highest BCUT2D eigenvalue weighted by Crippen LogP contribution is 2.45. The summed E-state index contributed by atoms with van der Waals surface area (Å²) < 4.78 is 1.45. The zero-order valence-corrected chi connectivity index (χ0v) is 15.4. The van der Waals surface area contributed by atoms with Gasteiger partial charge in [-0.25, -0.2) is 0 Å². The van der Waals surface area contributed by atoms with Crippen molar-refractivity contribution in [3.05, 3.63) is 35.2 Å². The van der Waals surface area contributed by atoms with Gasteiger partial charge in [0.15, 0.2) is 0 Å². The average Bonchev–Trinajstić information content (AvgIpc) is 3.21. The summed E-state index contributed by atoms with van der Waals surface area (Å²) in [5, 5.41) is 7.75. The summed E-state index contributed by atoms with van der Waals surface area (Å²) in [5.74, 6) is 0. The Hall–Kier alpha value is -0.860. The van der Waals surface area contributed by atoms with Crippen LogP contribution in [0.5, 0.6) is 0 Å². The molecule has 2 heteroatoms. The molecule has 1 saturated carbocycles. The van der Waals surface area contributed by atoms with Crippen molar-refractivity contribution in [2.75, 3.05) is 13.1 Å². The molecule has 1 aromatic heterocycles. The summed E-state index contributed by atoms with van der Waals surface area (Å²) in [6.45, 7) is 4.64. The second-order valence-corrected chi connectivity index (χ2v) is 8.14. The Kier molecular flexibility index (Phi) is 6.13. The summed E-state index contributed by atoms with van der Waals surface area (Å²) in [5.41, 5.74) is 2.01. The summed E-state index contributed by atoms with van der Waals surface area (Å²) >= 11 is 1.92. The molecule has 0 amide bonds. The van der Waals surface area contributed by atoms with E-state index in [9.17, 15) is 0 Å². The van der Waals surface area contributed by atoms with Crippen molar-refractivity contribution in [1.29, 1.82) is 0 Å². The minimum atomic E-state index is 0.392. The van der Waals surface area contributed by atoms with Crippen molar-refractivity contribution in [3.8, 4) is 0 Å². The van der Waals surface area contributed by atoms with Crippen molar-refractivity contribution >= 4 is 21.4 Å². The SMILES string of the molecule is CCCCCCCNCC1(c2csc3ccccc23)CCCC1. The predicted molar refractivity (Wildman–Crippen MR) is 104 cm³/mol. The Balaban J connectivity index is 1.61. The standard InChI is InChI=1S/C21H31NS/c1-2-3-4-5-10-15-22-17-21(13-8-9-14-21)19-16-23-20-12-7-6-11-18(19)20/h6-7,11-12,16,22H,2-5,8-10,13-15,17H2,1H3. The molecule has 126 valence electrons. The van der Waals surface area contributed by atoms with Crippen LogP contribution >= 0.6 is 11.3 Å². The lowest BCUT2D eigenvalue weighted by Gasteiger charge is -2.29. The first kappa shape index (κ1) is 17.0. The van der Waals surface area contributed by atoms with E-state index < -0.39 is 0 Å². The molecule has 1 N–H and O–H groups in total. The number of benzene rings is 1. The van der Waals surface area contributed by atoms with Crippen LogP contribution in [-0.2, 0) is 5.41 Å². The molecule has 1 aromatic carbocycles. The van der Waals surface area contributed by atoms with Crippen LogP contribution < -0.4 is 5.32 Å². The van der Waals surface area contributed by atoms with Gasteiger partial charge in [-0.1, -0.05) is 63.6 Å². The lowest BCUT2D eigenvalue weighted by molar-refractivity contribution is 0.405. The molecule has 0 bridgehead atoms. The molecule has 1 aliphatic carbocycles. The highest BCUT2D eigenvalue weighted by Gasteiger charge is 2.36. The summed E-state index contributed by atoms with van der Waals surface area (Å²) in [4.78, 5) is 0. The molecule has 1 nitrogen and oxygen atoms in total. The summed E-state index contributed by atoms with van der Waals surface area (Å²) in [7, 11) is 0. The molecular weight excluding hydrogens is 298 g/mol. The fraction of sp³-hybridized carbons (Fsp3) is 0.619. The molecule has 1 fully saturated rings. The maximum atomic E-state index is 3.80. The van der Waals surface area contributed by atoms with Crippen LogP contribution in [0.1, 0.15) is 70.3 Å². The van der Waals surface area contributed by atoms with Gasteiger partial charge >= 0.3 is 0 Å². The van der Waals surface area contributed by atoms with Crippen LogP contribution in [0.15, 0.2) is 29.6 Å². The molecule has 3 rings (SSSR count). The van der Waals surface area contributed by atoms with E-state index in [2.05, 4.69) is 41.9 Å². The Bertz CT molecular complexity index is 595. The van der Waals surface area contributed by atoms with Gasteiger partial charge in [-0.2, -0.15) is 0 Å². The van der Waals surface area contributed by atoms with Gasteiger partial charge < -0.3 is 5.32 Å². The topological polar surface area (TPSA) is 12.0 Å². The molecule has 1 aliphatic rings. The van der Waals surface area contributed by atoms with Crippen molar-refractivity contribution in [3.63, 3.8) is 0 Å². The van der Waals surface area contributed by atoms with E-state index in [4.69, 9.17) is 0 Å². The molecule has 0 saturated heterocycles. The Morgan fingerprint density at radius 3 is 2.65 bits per heavy atom. The monoisotopic (exact) mass is 329 g/mol. The molecule has 2 aromatic rings. The minimum Gasteiger partial charge on any atom is -0.316 e. The number of nitrogens with one attached hydrogen (secondary N) is 1. The van der Waals surface area contributed by atoms with Gasteiger partial charge in [0.1, 0.15) is 0 Å². The van der Waals surface area contributed by atoms with Crippen LogP contribution in [0.4, 0.5) is 0 Å². The number of fused-ring (bicyclic) bond motifs is 1. The largest absolute Gasteiger partial charge is 0.316 e. The van der Waals surface area contributed by atoms with Crippen molar-refractivity contribution in [2.45, 2.75) is 70.1 Å². The molecule has 23 heavy (non-hydrogen) atoms. The van der Waals surface area contributed by atoms with Crippen LogP contribution in [0.3, 0.4) is 0 Å². The highest BCUT2D eigenvalue weighted by atomic mass is 32.1. The summed E-state index contributed by atoms with van der Waals surface area (Å²) in [6.07, 6.45) is 12.3. The predicted octanol–water partition coefficient (Wildman–Crippen LogP) is 6.27. The van der Waals surface area contributed by atoms with Crippen molar-refractivity contribution < 1.29 is 0 Å². The Morgan fingerprint density at radius 2 is 1.83 bits per heavy atom. The minimum absolute atomic E-state index is 0.392. The van der Waals surface area contributed by atoms with E-state index >= 15 is 0 Å². The maximum Gasteiger partial charge on any atom is 0.0345 e. The van der Waals surface area contributed by atoms with E-state index in [0.29, 0.717) is 5.41 Å². The average molecular weight is 330 g/mol. The molecule has 0 radical (unpaired) electrons. The van der Waals surface area contributed by atoms with E-state index in [1.165, 1.54) is 81.0 Å². The number of hydrogen-bond acceptors (Lipinski definition) is 2. The third-order valence-corrected chi connectivity index (χ3v) is 6.50. The zero-order chi connectivity index (χ0) is 16.0. The van der Waals surface area contributed by atoms with Gasteiger partial charge in [0.25, 0.3) is 0 Å². The van der Waals surface area contributed by atoms with E-state index in [1.807, 2.05) is 11.3 Å². The maximum absolute atomic E-state index is 3.80. The van der Waals surface area contributed by atoms with Crippen molar-refractivity contribution in [2.24, 2.45) is 0 Å². The van der Waals surface area contributed by atoms with Crippen molar-refractivity contribution in [1.82, 2.24) is 5.32 Å². The Labute approximate surface area is 145 Å². The second-order valence-electron chi connectivity index (χ2n) is 7.22. The molecule has 1 heterocycles. The quantitative estimate of drug-likeness (QED) is 0.534. The number of thiophene rings is 1. The smallest absolute Gasteiger partial charge is 0.0345 e. The lowest BCUT2D eigenvalue weighted by Crippen LogP contribution is -2.36. The van der Waals surface area contributed by atoms with E-state index in [-0.39, 0.29) is 0 Å². The molecule has 0 atom stereocenters. The fourth-order valence-corrected chi connectivity index (χ4v) is 5.25. The van der Waals surface area contributed by atoms with Gasteiger partial charge in [-0.15, -0.1) is 11.3 Å². The van der Waals surface area contributed by atoms with Crippen LogP contribution in [0.25, 0.3) is 10.1 Å². The second kappa shape index (κ2) is 8.30. The highest BCUT2D eigenvalue weighted by molar-refractivity contribution is 7.17. The molecule has 0 aliphatic heterocycles.